The van der Waals surface area contributed by atoms with Crippen molar-refractivity contribution in [2.75, 3.05) is 13.6 Å². The fraction of sp³-hybridized carbons (Fsp3) is 0.600. The highest BCUT2D eigenvalue weighted by Crippen LogP contribution is 2.32. The van der Waals surface area contributed by atoms with Gasteiger partial charge in [0.25, 0.3) is 0 Å². The van der Waals surface area contributed by atoms with E-state index in [9.17, 15) is 5.11 Å². The lowest BCUT2D eigenvalue weighted by molar-refractivity contribution is 0.226. The van der Waals surface area contributed by atoms with Crippen molar-refractivity contribution in [3.05, 3.63) is 27.7 Å². The van der Waals surface area contributed by atoms with E-state index in [4.69, 9.17) is 23.2 Å². The van der Waals surface area contributed by atoms with Crippen LogP contribution in [-0.2, 0) is 6.54 Å². The molecule has 0 saturated heterocycles. The summed E-state index contributed by atoms with van der Waals surface area (Å²) in [4.78, 5) is 2.25. The lowest BCUT2D eigenvalue weighted by Gasteiger charge is -2.27. The van der Waals surface area contributed by atoms with E-state index < -0.39 is 0 Å². The van der Waals surface area contributed by atoms with Gasteiger partial charge >= 0.3 is 0 Å². The average molecular weight is 302 g/mol. The first-order chi connectivity index (χ1) is 9.06. The molecular formula is C15H21Cl2NO. The number of halogens is 2. The van der Waals surface area contributed by atoms with Crippen LogP contribution in [0.15, 0.2) is 12.1 Å². The van der Waals surface area contributed by atoms with Crippen molar-refractivity contribution in [1.82, 2.24) is 4.90 Å². The highest BCUT2D eigenvalue weighted by molar-refractivity contribution is 6.35. The predicted octanol–water partition coefficient (Wildman–Crippen LogP) is 4.71. The Morgan fingerprint density at radius 3 is 2.58 bits per heavy atom. The Kier molecular flexibility index (Phi) is 5.37. The third-order valence-electron chi connectivity index (χ3n) is 3.84. The largest absolute Gasteiger partial charge is 0.506 e. The van der Waals surface area contributed by atoms with Crippen LogP contribution in [0.3, 0.4) is 0 Å². The molecule has 0 atom stereocenters. The smallest absolute Gasteiger partial charge is 0.138 e. The van der Waals surface area contributed by atoms with E-state index in [1.165, 1.54) is 32.1 Å². The summed E-state index contributed by atoms with van der Waals surface area (Å²) in [5, 5.41) is 10.9. The van der Waals surface area contributed by atoms with Crippen molar-refractivity contribution >= 4 is 23.2 Å². The Morgan fingerprint density at radius 2 is 1.89 bits per heavy atom. The SMILES string of the molecule is CN(Cc1cc(Cl)cc(Cl)c1O)CC1CCCCC1. The second kappa shape index (κ2) is 6.83. The molecule has 0 aromatic heterocycles. The highest BCUT2D eigenvalue weighted by Gasteiger charge is 2.17. The van der Waals surface area contributed by atoms with Gasteiger partial charge in [0.1, 0.15) is 5.75 Å². The van der Waals surface area contributed by atoms with E-state index in [1.54, 1.807) is 12.1 Å². The maximum atomic E-state index is 9.96. The van der Waals surface area contributed by atoms with Gasteiger partial charge in [-0.2, -0.15) is 0 Å². The number of hydrogen-bond acceptors (Lipinski definition) is 2. The second-order valence-corrected chi connectivity index (χ2v) is 6.44. The molecule has 1 aliphatic rings. The van der Waals surface area contributed by atoms with Gasteiger partial charge in [0.05, 0.1) is 5.02 Å². The molecule has 1 aromatic rings. The van der Waals surface area contributed by atoms with Gasteiger partial charge in [-0.15, -0.1) is 0 Å². The Bertz CT molecular complexity index is 430. The van der Waals surface area contributed by atoms with Gasteiger partial charge < -0.3 is 10.0 Å². The molecule has 0 spiro atoms. The van der Waals surface area contributed by atoms with Gasteiger partial charge in [0.15, 0.2) is 0 Å². The van der Waals surface area contributed by atoms with Crippen molar-refractivity contribution in [2.24, 2.45) is 5.92 Å². The van der Waals surface area contributed by atoms with E-state index in [2.05, 4.69) is 11.9 Å². The van der Waals surface area contributed by atoms with Crippen LogP contribution in [0.25, 0.3) is 0 Å². The molecule has 0 aliphatic heterocycles. The van der Waals surface area contributed by atoms with Crippen LogP contribution in [0.4, 0.5) is 0 Å². The van der Waals surface area contributed by atoms with Crippen LogP contribution in [0.2, 0.25) is 10.0 Å². The molecule has 106 valence electrons. The normalized spacial score (nSPS) is 17.1. The van der Waals surface area contributed by atoms with Crippen molar-refractivity contribution in [3.63, 3.8) is 0 Å². The van der Waals surface area contributed by atoms with E-state index in [0.717, 1.165) is 18.0 Å². The minimum Gasteiger partial charge on any atom is -0.506 e. The van der Waals surface area contributed by atoms with Crippen molar-refractivity contribution in [3.8, 4) is 5.75 Å². The minimum absolute atomic E-state index is 0.154. The number of benzene rings is 1. The van der Waals surface area contributed by atoms with Crippen LogP contribution in [-0.4, -0.2) is 23.6 Å². The summed E-state index contributed by atoms with van der Waals surface area (Å²) in [6.07, 6.45) is 6.74. The zero-order chi connectivity index (χ0) is 13.8. The van der Waals surface area contributed by atoms with Crippen LogP contribution in [0, 0.1) is 5.92 Å². The fourth-order valence-corrected chi connectivity index (χ4v) is 3.44. The maximum absolute atomic E-state index is 9.96. The molecule has 0 heterocycles. The summed E-state index contributed by atoms with van der Waals surface area (Å²) in [6.45, 7) is 1.76. The Labute approximate surface area is 125 Å². The number of nitrogens with zero attached hydrogens (tertiary/aromatic N) is 1. The minimum atomic E-state index is 0.154. The number of phenols is 1. The average Bonchev–Trinajstić information content (AvgIpc) is 2.36. The van der Waals surface area contributed by atoms with Gasteiger partial charge in [-0.3, -0.25) is 0 Å². The molecule has 2 rings (SSSR count). The molecule has 2 nitrogen and oxygen atoms in total. The van der Waals surface area contributed by atoms with Crippen LogP contribution in [0.1, 0.15) is 37.7 Å². The zero-order valence-electron chi connectivity index (χ0n) is 11.3. The standard InChI is InChI=1S/C15H21Cl2NO/c1-18(9-11-5-3-2-4-6-11)10-12-7-13(16)8-14(17)15(12)19/h7-8,11,19H,2-6,9-10H2,1H3. The molecule has 1 fully saturated rings. The Balaban J connectivity index is 1.96. The molecule has 0 amide bonds. The van der Waals surface area contributed by atoms with Crippen LogP contribution >= 0.6 is 23.2 Å². The van der Waals surface area contributed by atoms with E-state index >= 15 is 0 Å². The molecule has 1 N–H and O–H groups in total. The first kappa shape index (κ1) is 15.0. The summed E-state index contributed by atoms with van der Waals surface area (Å²) >= 11 is 11.9. The summed E-state index contributed by atoms with van der Waals surface area (Å²) in [5.74, 6) is 0.942. The van der Waals surface area contributed by atoms with Gasteiger partial charge in [0, 0.05) is 23.7 Å². The highest BCUT2D eigenvalue weighted by atomic mass is 35.5. The number of hydrogen-bond donors (Lipinski definition) is 1. The van der Waals surface area contributed by atoms with Crippen LogP contribution in [0.5, 0.6) is 5.75 Å². The third kappa shape index (κ3) is 4.27. The topological polar surface area (TPSA) is 23.5 Å². The van der Waals surface area contributed by atoms with Crippen molar-refractivity contribution < 1.29 is 5.11 Å². The number of aromatic hydroxyl groups is 1. The first-order valence-corrected chi connectivity index (χ1v) is 7.67. The van der Waals surface area contributed by atoms with Crippen molar-refractivity contribution in [2.45, 2.75) is 38.6 Å². The Morgan fingerprint density at radius 1 is 1.21 bits per heavy atom. The quantitative estimate of drug-likeness (QED) is 0.870. The van der Waals surface area contributed by atoms with E-state index in [1.807, 2.05) is 0 Å². The molecule has 0 unspecified atom stereocenters. The summed E-state index contributed by atoms with van der Waals surface area (Å²) in [7, 11) is 2.09. The molecule has 1 aliphatic carbocycles. The lowest BCUT2D eigenvalue weighted by Crippen LogP contribution is -2.26. The molecule has 4 heteroatoms. The van der Waals surface area contributed by atoms with Gasteiger partial charge in [0.2, 0.25) is 0 Å². The zero-order valence-corrected chi connectivity index (χ0v) is 12.8. The van der Waals surface area contributed by atoms with E-state index in [0.29, 0.717) is 16.6 Å². The van der Waals surface area contributed by atoms with Crippen LogP contribution < -0.4 is 0 Å². The van der Waals surface area contributed by atoms with Crippen molar-refractivity contribution in [1.29, 1.82) is 0 Å². The molecule has 19 heavy (non-hydrogen) atoms. The van der Waals surface area contributed by atoms with Gasteiger partial charge in [-0.1, -0.05) is 42.5 Å². The monoisotopic (exact) mass is 301 g/mol. The number of rotatable bonds is 4. The molecule has 1 aromatic carbocycles. The first-order valence-electron chi connectivity index (χ1n) is 6.91. The predicted molar refractivity (Wildman–Crippen MR) is 81.0 cm³/mol. The molecule has 0 bridgehead atoms. The fourth-order valence-electron chi connectivity index (χ4n) is 2.91. The third-order valence-corrected chi connectivity index (χ3v) is 4.35. The molecule has 1 saturated carbocycles. The Hall–Kier alpha value is -0.440. The lowest BCUT2D eigenvalue weighted by atomic mass is 9.89. The summed E-state index contributed by atoms with van der Waals surface area (Å²) in [5.41, 5.74) is 0.802. The van der Waals surface area contributed by atoms with E-state index in [-0.39, 0.29) is 5.75 Å². The molecular weight excluding hydrogens is 281 g/mol. The maximum Gasteiger partial charge on any atom is 0.138 e. The number of phenolic OH excluding ortho intramolecular Hbond substituents is 1. The summed E-state index contributed by atoms with van der Waals surface area (Å²) in [6, 6.07) is 3.36. The molecule has 0 radical (unpaired) electrons. The summed E-state index contributed by atoms with van der Waals surface area (Å²) < 4.78 is 0. The van der Waals surface area contributed by atoms with Gasteiger partial charge in [-0.25, -0.2) is 0 Å². The van der Waals surface area contributed by atoms with Gasteiger partial charge in [-0.05, 0) is 37.9 Å². The second-order valence-electron chi connectivity index (χ2n) is 5.60.